The van der Waals surface area contributed by atoms with Gasteiger partial charge in [-0.05, 0) is 37.7 Å². The Morgan fingerprint density at radius 2 is 1.23 bits per heavy atom. The number of carboxylic acid groups (broad SMARTS) is 3. The summed E-state index contributed by atoms with van der Waals surface area (Å²) in [5.74, 6) is -2.73. The zero-order valence-electron chi connectivity index (χ0n) is 17.5. The molecule has 0 aromatic carbocycles. The van der Waals surface area contributed by atoms with Crippen molar-refractivity contribution < 1.29 is 34.5 Å². The smallest absolute Gasteiger partial charge is 0.320 e. The first-order valence-corrected chi connectivity index (χ1v) is 10.4. The fourth-order valence-corrected chi connectivity index (χ4v) is 1.92. The number of aliphatic carboxylic acids is 3. The Hall–Kier alpha value is -2.62. The summed E-state index contributed by atoms with van der Waals surface area (Å²) in [4.78, 5) is 44.1. The molecule has 0 unspecified atom stereocenters. The minimum absolute atomic E-state index is 0.0129. The van der Waals surface area contributed by atoms with E-state index in [-0.39, 0.29) is 18.8 Å². The number of carbonyl (C=O) groups excluding carboxylic acids is 1. The van der Waals surface area contributed by atoms with E-state index < -0.39 is 41.9 Å². The fraction of sp³-hybridized carbons (Fsp3) is 0.688. The maximum atomic E-state index is 10.2. The lowest BCUT2D eigenvalue weighted by Gasteiger charge is -2.03. The summed E-state index contributed by atoms with van der Waals surface area (Å²) in [6, 6.07) is -2.48. The van der Waals surface area contributed by atoms with Crippen molar-refractivity contribution in [3.05, 3.63) is 0 Å². The maximum Gasteiger partial charge on any atom is 0.320 e. The van der Waals surface area contributed by atoms with E-state index in [0.717, 1.165) is 5.75 Å². The monoisotopic (exact) mass is 469 g/mol. The van der Waals surface area contributed by atoms with E-state index in [9.17, 15) is 19.2 Å². The standard InChI is InChI=1S/C6H14N4O2.C5H10N2O3.C5H11NO2S/c7-4(5(11)12)2-1-3-10-6(8)9;6-3(5(9)10)1-2-4(7)8;1-9-3-2-4(6)5(7)8/h4H,1-3,7H2,(H,11,12)(H4,8,9,10);3H,1-2,6H2,(H2,7,8)(H,9,10);4H,2-3,6H2,1H3,(H,7,8)/t4-;3-;4-/m000/s1. The number of nitrogens with two attached hydrogens (primary N) is 6. The molecule has 0 aliphatic rings. The zero-order valence-corrected chi connectivity index (χ0v) is 18.3. The Morgan fingerprint density at radius 1 is 0.806 bits per heavy atom. The molecule has 0 heterocycles. The largest absolute Gasteiger partial charge is 0.480 e. The second kappa shape index (κ2) is 20.6. The molecular formula is C16H35N7O7S. The third kappa shape index (κ3) is 27.4. The van der Waals surface area contributed by atoms with Gasteiger partial charge in [-0.1, -0.05) is 0 Å². The number of hydrogen-bond donors (Lipinski definition) is 9. The minimum Gasteiger partial charge on any atom is -0.480 e. The highest BCUT2D eigenvalue weighted by Gasteiger charge is 2.11. The van der Waals surface area contributed by atoms with Gasteiger partial charge in [0.1, 0.15) is 18.1 Å². The molecule has 0 fully saturated rings. The quantitative estimate of drug-likeness (QED) is 0.0752. The van der Waals surface area contributed by atoms with Crippen molar-refractivity contribution in [2.75, 3.05) is 18.6 Å². The highest BCUT2D eigenvalue weighted by molar-refractivity contribution is 7.98. The van der Waals surface area contributed by atoms with Gasteiger partial charge in [-0.3, -0.25) is 24.2 Å². The number of hydrogen-bond acceptors (Lipinski definition) is 9. The highest BCUT2D eigenvalue weighted by Crippen LogP contribution is 1.98. The normalized spacial score (nSPS) is 12.5. The van der Waals surface area contributed by atoms with Gasteiger partial charge in [-0.2, -0.15) is 11.8 Å². The van der Waals surface area contributed by atoms with Crippen LogP contribution in [0.5, 0.6) is 0 Å². The predicted octanol–water partition coefficient (Wildman–Crippen LogP) is -2.73. The van der Waals surface area contributed by atoms with Crippen LogP contribution < -0.4 is 34.4 Å². The van der Waals surface area contributed by atoms with E-state index in [2.05, 4.69) is 4.99 Å². The lowest BCUT2D eigenvalue weighted by atomic mass is 10.2. The van der Waals surface area contributed by atoms with Crippen LogP contribution in [0.25, 0.3) is 0 Å². The fourth-order valence-electron chi connectivity index (χ4n) is 1.43. The van der Waals surface area contributed by atoms with Gasteiger partial charge < -0.3 is 49.7 Å². The van der Waals surface area contributed by atoms with E-state index >= 15 is 0 Å². The first-order chi connectivity index (χ1) is 14.3. The molecule has 3 atom stereocenters. The molecule has 0 spiro atoms. The van der Waals surface area contributed by atoms with E-state index in [1.54, 1.807) is 11.8 Å². The minimum atomic E-state index is -1.11. The highest BCUT2D eigenvalue weighted by atomic mass is 32.2. The predicted molar refractivity (Wildman–Crippen MR) is 118 cm³/mol. The van der Waals surface area contributed by atoms with Crippen LogP contribution in [0.2, 0.25) is 0 Å². The molecular weight excluding hydrogens is 434 g/mol. The van der Waals surface area contributed by atoms with Gasteiger partial charge in [-0.15, -0.1) is 0 Å². The van der Waals surface area contributed by atoms with Crippen LogP contribution in [-0.2, 0) is 19.2 Å². The number of carboxylic acids is 3. The Balaban J connectivity index is -0.000000384. The van der Waals surface area contributed by atoms with E-state index in [1.807, 2.05) is 6.26 Å². The third-order valence-corrected chi connectivity index (χ3v) is 3.90. The number of thioether (sulfide) groups is 1. The lowest BCUT2D eigenvalue weighted by molar-refractivity contribution is -0.139. The molecule has 0 rings (SSSR count). The average molecular weight is 470 g/mol. The van der Waals surface area contributed by atoms with Gasteiger partial charge in [0.25, 0.3) is 0 Å². The molecule has 182 valence electrons. The van der Waals surface area contributed by atoms with Crippen molar-refractivity contribution in [1.29, 1.82) is 0 Å². The van der Waals surface area contributed by atoms with Crippen LogP contribution in [0, 0.1) is 0 Å². The van der Waals surface area contributed by atoms with E-state index in [4.69, 9.17) is 49.7 Å². The van der Waals surface area contributed by atoms with Gasteiger partial charge in [-0.25, -0.2) is 0 Å². The summed E-state index contributed by atoms with van der Waals surface area (Å²) in [5, 5.41) is 24.9. The molecule has 0 aliphatic heterocycles. The molecule has 0 saturated carbocycles. The van der Waals surface area contributed by atoms with Gasteiger partial charge in [0.15, 0.2) is 5.96 Å². The molecule has 14 nitrogen and oxygen atoms in total. The topological polar surface area (TPSA) is 297 Å². The SMILES string of the molecule is CSCC[C@H](N)C(=O)O.NC(=O)CC[C@H](N)C(=O)O.NC(N)=NCCC[C@H](N)C(=O)O. The van der Waals surface area contributed by atoms with Crippen molar-refractivity contribution in [3.8, 4) is 0 Å². The van der Waals surface area contributed by atoms with Gasteiger partial charge in [0.05, 0.1) is 0 Å². The van der Waals surface area contributed by atoms with Crippen LogP contribution in [0.1, 0.15) is 32.1 Å². The van der Waals surface area contributed by atoms with Crippen LogP contribution in [0.4, 0.5) is 0 Å². The van der Waals surface area contributed by atoms with Crippen LogP contribution in [0.15, 0.2) is 4.99 Å². The molecule has 15 heteroatoms. The van der Waals surface area contributed by atoms with Crippen LogP contribution in [0.3, 0.4) is 0 Å². The zero-order chi connectivity index (χ0) is 25.0. The van der Waals surface area contributed by atoms with Crippen molar-refractivity contribution >= 4 is 41.5 Å². The average Bonchev–Trinajstić information content (AvgIpc) is 2.67. The number of carbonyl (C=O) groups is 4. The van der Waals surface area contributed by atoms with Crippen molar-refractivity contribution in [2.45, 2.75) is 50.2 Å². The molecule has 0 bridgehead atoms. The summed E-state index contributed by atoms with van der Waals surface area (Å²) in [6.45, 7) is 0.420. The van der Waals surface area contributed by atoms with Gasteiger partial charge in [0.2, 0.25) is 5.91 Å². The first kappa shape index (κ1) is 33.0. The molecule has 0 radical (unpaired) electrons. The molecule has 1 amide bonds. The summed E-state index contributed by atoms with van der Waals surface area (Å²) in [7, 11) is 0. The van der Waals surface area contributed by atoms with Crippen LogP contribution >= 0.6 is 11.8 Å². The first-order valence-electron chi connectivity index (χ1n) is 9.03. The number of primary amides is 1. The van der Waals surface area contributed by atoms with Gasteiger partial charge in [0, 0.05) is 13.0 Å². The summed E-state index contributed by atoms with van der Waals surface area (Å²) in [5.41, 5.74) is 30.3. The van der Waals surface area contributed by atoms with Crippen molar-refractivity contribution in [2.24, 2.45) is 39.4 Å². The molecule has 31 heavy (non-hydrogen) atoms. The summed E-state index contributed by atoms with van der Waals surface area (Å²) < 4.78 is 0. The Bertz CT molecular complexity index is 575. The molecule has 0 aliphatic carbocycles. The summed E-state index contributed by atoms with van der Waals surface area (Å²) in [6.07, 6.45) is 3.56. The number of guanidine groups is 1. The number of aliphatic imine (C=N–C) groups is 1. The molecule has 0 saturated heterocycles. The van der Waals surface area contributed by atoms with Gasteiger partial charge >= 0.3 is 17.9 Å². The Kier molecular flexibility index (Phi) is 22.0. The number of rotatable bonds is 13. The second-order valence-corrected chi connectivity index (χ2v) is 7.06. The molecule has 15 N–H and O–H groups in total. The number of amides is 1. The third-order valence-electron chi connectivity index (χ3n) is 3.25. The Labute approximate surface area is 184 Å². The van der Waals surface area contributed by atoms with E-state index in [1.165, 1.54) is 0 Å². The Morgan fingerprint density at radius 3 is 1.58 bits per heavy atom. The van der Waals surface area contributed by atoms with Crippen molar-refractivity contribution in [1.82, 2.24) is 0 Å². The molecule has 0 aromatic rings. The van der Waals surface area contributed by atoms with E-state index in [0.29, 0.717) is 25.8 Å². The lowest BCUT2D eigenvalue weighted by Crippen LogP contribution is -2.31. The number of nitrogens with zero attached hydrogens (tertiary/aromatic N) is 1. The van der Waals surface area contributed by atoms with Crippen molar-refractivity contribution in [3.63, 3.8) is 0 Å². The summed E-state index contributed by atoms with van der Waals surface area (Å²) >= 11 is 1.60. The second-order valence-electron chi connectivity index (χ2n) is 6.07. The van der Waals surface area contributed by atoms with Crippen LogP contribution in [-0.4, -0.2) is 81.8 Å². The molecule has 0 aromatic heterocycles. The maximum absolute atomic E-state index is 10.2.